The predicted molar refractivity (Wildman–Crippen MR) is 70.0 cm³/mol. The molecule has 0 radical (unpaired) electrons. The first-order valence-electron chi connectivity index (χ1n) is 5.56. The smallest absolute Gasteiger partial charge is 0.233 e. The lowest BCUT2D eigenvalue weighted by molar-refractivity contribution is -0.119. The minimum absolute atomic E-state index is 0.0200. The Morgan fingerprint density at radius 1 is 1.53 bits per heavy atom. The largest absolute Gasteiger partial charge is 0.399 e. The maximum absolute atomic E-state index is 11.9. The molecule has 0 aliphatic rings. The molecule has 94 valence electrons. The second kappa shape index (κ2) is 6.39. The number of hydrogen-bond acceptors (Lipinski definition) is 3. The average molecular weight is 254 g/mol. The summed E-state index contributed by atoms with van der Waals surface area (Å²) in [5.41, 5.74) is 6.15. The van der Waals surface area contributed by atoms with E-state index in [2.05, 4.69) is 5.32 Å². The van der Waals surface area contributed by atoms with Gasteiger partial charge >= 0.3 is 0 Å². The molecule has 2 unspecified atom stereocenters. The number of nitrogens with one attached hydrogen (secondary N) is 1. The number of benzene rings is 1. The number of amides is 1. The Labute approximate surface area is 104 Å². The van der Waals surface area contributed by atoms with Crippen LogP contribution in [0.4, 0.5) is 5.69 Å². The molecule has 1 aromatic carbocycles. The van der Waals surface area contributed by atoms with Crippen LogP contribution < -0.4 is 11.1 Å². The average Bonchev–Trinajstić information content (AvgIpc) is 2.28. The Morgan fingerprint density at radius 2 is 2.24 bits per heavy atom. The molecular formula is C12H18N2O2S. The summed E-state index contributed by atoms with van der Waals surface area (Å²) in [7, 11) is -1.33. The van der Waals surface area contributed by atoms with Crippen LogP contribution in [0.1, 0.15) is 20.3 Å². The Balaban J connectivity index is 2.58. The van der Waals surface area contributed by atoms with Gasteiger partial charge in [0.1, 0.15) is 5.75 Å². The number of carbonyl (C=O) groups excluding carboxylic acids is 1. The van der Waals surface area contributed by atoms with E-state index < -0.39 is 10.8 Å². The van der Waals surface area contributed by atoms with Crippen LogP contribution in [0.3, 0.4) is 0 Å². The van der Waals surface area contributed by atoms with Gasteiger partial charge in [0.25, 0.3) is 0 Å². The normalized spacial score (nSPS) is 14.0. The first-order chi connectivity index (χ1) is 8.02. The molecule has 0 heterocycles. The van der Waals surface area contributed by atoms with E-state index in [4.69, 9.17) is 5.73 Å². The highest BCUT2D eigenvalue weighted by molar-refractivity contribution is 7.85. The molecule has 1 amide bonds. The number of anilines is 1. The fourth-order valence-electron chi connectivity index (χ4n) is 1.28. The van der Waals surface area contributed by atoms with Gasteiger partial charge in [0.15, 0.2) is 0 Å². The monoisotopic (exact) mass is 254 g/mol. The number of hydrogen-bond donors (Lipinski definition) is 2. The zero-order chi connectivity index (χ0) is 12.8. The molecule has 5 heteroatoms. The van der Waals surface area contributed by atoms with E-state index in [0.29, 0.717) is 10.6 Å². The van der Waals surface area contributed by atoms with E-state index in [-0.39, 0.29) is 17.7 Å². The van der Waals surface area contributed by atoms with Crippen molar-refractivity contribution in [2.75, 3.05) is 11.5 Å². The zero-order valence-electron chi connectivity index (χ0n) is 10.1. The summed E-state index contributed by atoms with van der Waals surface area (Å²) >= 11 is 0. The van der Waals surface area contributed by atoms with E-state index in [1.807, 2.05) is 13.8 Å². The lowest BCUT2D eigenvalue weighted by Crippen LogP contribution is -2.35. The van der Waals surface area contributed by atoms with E-state index in [0.717, 1.165) is 6.42 Å². The van der Waals surface area contributed by atoms with Gasteiger partial charge in [-0.3, -0.25) is 9.00 Å². The van der Waals surface area contributed by atoms with Crippen LogP contribution in [0, 0.1) is 0 Å². The van der Waals surface area contributed by atoms with Gasteiger partial charge in [-0.25, -0.2) is 0 Å². The van der Waals surface area contributed by atoms with Gasteiger partial charge in [0.05, 0.1) is 10.8 Å². The van der Waals surface area contributed by atoms with Crippen molar-refractivity contribution in [1.29, 1.82) is 0 Å². The van der Waals surface area contributed by atoms with E-state index >= 15 is 0 Å². The molecular weight excluding hydrogens is 236 g/mol. The number of nitrogen functional groups attached to an aromatic ring is 1. The molecule has 0 aliphatic heterocycles. The van der Waals surface area contributed by atoms with Crippen LogP contribution in [0.15, 0.2) is 29.2 Å². The Kier molecular flexibility index (Phi) is 5.15. The molecule has 17 heavy (non-hydrogen) atoms. The third kappa shape index (κ3) is 4.56. The van der Waals surface area contributed by atoms with Crippen LogP contribution in [0.2, 0.25) is 0 Å². The fourth-order valence-corrected chi connectivity index (χ4v) is 2.26. The summed E-state index contributed by atoms with van der Waals surface area (Å²) in [5, 5.41) is 2.78. The van der Waals surface area contributed by atoms with E-state index in [1.54, 1.807) is 24.3 Å². The van der Waals surface area contributed by atoms with Crippen molar-refractivity contribution < 1.29 is 9.00 Å². The number of nitrogens with two attached hydrogens (primary N) is 1. The van der Waals surface area contributed by atoms with Gasteiger partial charge in [0.2, 0.25) is 5.91 Å². The standard InChI is InChI=1S/C12H18N2O2S/c1-3-9(2)14-12(15)8-17(16)11-6-4-5-10(13)7-11/h4-7,9H,3,8,13H2,1-2H3,(H,14,15). The van der Waals surface area contributed by atoms with Gasteiger partial charge in [-0.05, 0) is 31.5 Å². The molecule has 1 rings (SSSR count). The van der Waals surface area contributed by atoms with Crippen molar-refractivity contribution in [3.05, 3.63) is 24.3 Å². The first kappa shape index (κ1) is 13.7. The SMILES string of the molecule is CCC(C)NC(=O)CS(=O)c1cccc(N)c1. The summed E-state index contributed by atoms with van der Waals surface area (Å²) in [6.07, 6.45) is 0.858. The lowest BCUT2D eigenvalue weighted by atomic mass is 10.3. The van der Waals surface area contributed by atoms with Crippen molar-refractivity contribution in [1.82, 2.24) is 5.32 Å². The molecule has 0 spiro atoms. The van der Waals surface area contributed by atoms with Crippen molar-refractivity contribution >= 4 is 22.4 Å². The summed E-state index contributed by atoms with van der Waals surface area (Å²) in [6.45, 7) is 3.90. The van der Waals surface area contributed by atoms with Crippen molar-refractivity contribution in [2.24, 2.45) is 0 Å². The van der Waals surface area contributed by atoms with E-state index in [1.165, 1.54) is 0 Å². The molecule has 0 saturated heterocycles. The molecule has 0 aliphatic carbocycles. The Bertz CT molecular complexity index is 421. The Hall–Kier alpha value is -1.36. The highest BCUT2D eigenvalue weighted by Gasteiger charge is 2.11. The van der Waals surface area contributed by atoms with Crippen molar-refractivity contribution in [3.8, 4) is 0 Å². The summed E-state index contributed by atoms with van der Waals surface area (Å²) in [6, 6.07) is 6.91. The molecule has 0 fully saturated rings. The highest BCUT2D eigenvalue weighted by Crippen LogP contribution is 2.11. The third-order valence-electron chi connectivity index (χ3n) is 2.40. The first-order valence-corrected chi connectivity index (χ1v) is 6.88. The Morgan fingerprint density at radius 3 is 2.82 bits per heavy atom. The van der Waals surface area contributed by atoms with Gasteiger partial charge in [0, 0.05) is 16.6 Å². The summed E-state index contributed by atoms with van der Waals surface area (Å²) < 4.78 is 11.9. The third-order valence-corrected chi connectivity index (χ3v) is 3.71. The van der Waals surface area contributed by atoms with Crippen LogP contribution in [-0.2, 0) is 15.6 Å². The van der Waals surface area contributed by atoms with Crippen molar-refractivity contribution in [2.45, 2.75) is 31.2 Å². The van der Waals surface area contributed by atoms with Crippen LogP contribution in [0.25, 0.3) is 0 Å². The molecule has 1 aromatic rings. The van der Waals surface area contributed by atoms with Gasteiger partial charge < -0.3 is 11.1 Å². The second-order valence-electron chi connectivity index (χ2n) is 3.94. The topological polar surface area (TPSA) is 72.2 Å². The second-order valence-corrected chi connectivity index (χ2v) is 5.39. The van der Waals surface area contributed by atoms with Gasteiger partial charge in [-0.2, -0.15) is 0 Å². The highest BCUT2D eigenvalue weighted by atomic mass is 32.2. The molecule has 0 aromatic heterocycles. The maximum atomic E-state index is 11.9. The van der Waals surface area contributed by atoms with Gasteiger partial charge in [-0.15, -0.1) is 0 Å². The minimum atomic E-state index is -1.33. The number of carbonyl (C=O) groups is 1. The predicted octanol–water partition coefficient (Wildman–Crippen LogP) is 1.29. The molecule has 3 N–H and O–H groups in total. The quantitative estimate of drug-likeness (QED) is 0.778. The minimum Gasteiger partial charge on any atom is -0.399 e. The summed E-state index contributed by atoms with van der Waals surface area (Å²) in [4.78, 5) is 12.1. The van der Waals surface area contributed by atoms with Crippen LogP contribution in [-0.4, -0.2) is 21.9 Å². The molecule has 4 nitrogen and oxygen atoms in total. The van der Waals surface area contributed by atoms with Gasteiger partial charge in [-0.1, -0.05) is 13.0 Å². The van der Waals surface area contributed by atoms with Crippen molar-refractivity contribution in [3.63, 3.8) is 0 Å². The fraction of sp³-hybridized carbons (Fsp3) is 0.417. The maximum Gasteiger partial charge on any atom is 0.233 e. The lowest BCUT2D eigenvalue weighted by Gasteiger charge is -2.11. The number of rotatable bonds is 5. The molecule has 0 saturated carbocycles. The van der Waals surface area contributed by atoms with E-state index in [9.17, 15) is 9.00 Å². The molecule has 0 bridgehead atoms. The van der Waals surface area contributed by atoms with Crippen LogP contribution >= 0.6 is 0 Å². The molecule has 2 atom stereocenters. The van der Waals surface area contributed by atoms with Crippen LogP contribution in [0.5, 0.6) is 0 Å². The summed E-state index contributed by atoms with van der Waals surface area (Å²) in [5.74, 6) is -0.214. The zero-order valence-corrected chi connectivity index (χ0v) is 10.9.